The minimum atomic E-state index is -0.272. The fourth-order valence-corrected chi connectivity index (χ4v) is 3.63. The Morgan fingerprint density at radius 2 is 1.76 bits per heavy atom. The quantitative estimate of drug-likeness (QED) is 0.543. The number of nitrogens with zero attached hydrogens (tertiary/aromatic N) is 2. The molecule has 0 radical (unpaired) electrons. The van der Waals surface area contributed by atoms with Crippen LogP contribution in [0.2, 0.25) is 0 Å². The van der Waals surface area contributed by atoms with E-state index >= 15 is 0 Å². The van der Waals surface area contributed by atoms with Gasteiger partial charge < -0.3 is 4.98 Å². The van der Waals surface area contributed by atoms with E-state index in [4.69, 9.17) is 0 Å². The van der Waals surface area contributed by atoms with Gasteiger partial charge >= 0.3 is 0 Å². The van der Waals surface area contributed by atoms with Crippen molar-refractivity contribution in [3.05, 3.63) is 66.0 Å². The molecule has 0 unspecified atom stereocenters. The van der Waals surface area contributed by atoms with Crippen molar-refractivity contribution in [1.29, 1.82) is 0 Å². The van der Waals surface area contributed by atoms with Gasteiger partial charge in [-0.15, -0.1) is 0 Å². The number of fused-ring (bicyclic) bond motifs is 5. The molecule has 3 heterocycles. The van der Waals surface area contributed by atoms with E-state index < -0.39 is 0 Å². The van der Waals surface area contributed by atoms with Gasteiger partial charge in [-0.1, -0.05) is 24.3 Å². The molecule has 1 N–H and O–H groups in total. The van der Waals surface area contributed by atoms with Crippen LogP contribution in [0.1, 0.15) is 20.7 Å². The van der Waals surface area contributed by atoms with Crippen LogP contribution < -0.4 is 0 Å². The summed E-state index contributed by atoms with van der Waals surface area (Å²) >= 11 is 0. The Labute approximate surface area is 142 Å². The number of hydrogen-bond acceptors (Lipinski definition) is 3. The van der Waals surface area contributed by atoms with E-state index in [1.165, 1.54) is 11.9 Å². The van der Waals surface area contributed by atoms with Crippen molar-refractivity contribution in [3.8, 4) is 11.1 Å². The number of amides is 2. The maximum atomic E-state index is 12.8. The molecule has 2 amide bonds. The second-order valence-corrected chi connectivity index (χ2v) is 6.18. The maximum absolute atomic E-state index is 12.8. The lowest BCUT2D eigenvalue weighted by Crippen LogP contribution is -2.24. The third-order valence-electron chi connectivity index (χ3n) is 4.80. The molecule has 2 aromatic carbocycles. The van der Waals surface area contributed by atoms with Crippen LogP contribution in [0.3, 0.4) is 0 Å². The first-order valence-electron chi connectivity index (χ1n) is 7.97. The predicted molar refractivity (Wildman–Crippen MR) is 95.5 cm³/mol. The zero-order chi connectivity index (χ0) is 17.1. The Kier molecular flexibility index (Phi) is 2.65. The molecule has 5 nitrogen and oxygen atoms in total. The SMILES string of the molecule is CN1C(=O)c2c(-c3cccnc3)cc3[nH]c4ccccc4c3c2C1=O. The molecule has 0 spiro atoms. The van der Waals surface area contributed by atoms with Crippen molar-refractivity contribution in [2.75, 3.05) is 7.05 Å². The molecule has 25 heavy (non-hydrogen) atoms. The molecule has 4 aromatic rings. The van der Waals surface area contributed by atoms with Gasteiger partial charge in [0.05, 0.1) is 11.1 Å². The molecule has 120 valence electrons. The second kappa shape index (κ2) is 4.77. The predicted octanol–water partition coefficient (Wildman–Crippen LogP) is 3.61. The van der Waals surface area contributed by atoms with E-state index in [9.17, 15) is 9.59 Å². The highest BCUT2D eigenvalue weighted by Crippen LogP contribution is 2.40. The fourth-order valence-electron chi connectivity index (χ4n) is 3.63. The van der Waals surface area contributed by atoms with Crippen LogP contribution in [-0.2, 0) is 0 Å². The van der Waals surface area contributed by atoms with Gasteiger partial charge in [0.2, 0.25) is 0 Å². The zero-order valence-corrected chi connectivity index (χ0v) is 13.4. The summed E-state index contributed by atoms with van der Waals surface area (Å²) in [6, 6.07) is 13.5. The van der Waals surface area contributed by atoms with E-state index in [0.29, 0.717) is 11.1 Å². The summed E-state index contributed by atoms with van der Waals surface area (Å²) in [5, 5.41) is 1.75. The minimum absolute atomic E-state index is 0.263. The van der Waals surface area contributed by atoms with E-state index in [1.54, 1.807) is 12.4 Å². The number of aromatic nitrogens is 2. The lowest BCUT2D eigenvalue weighted by molar-refractivity contribution is 0.0694. The van der Waals surface area contributed by atoms with Gasteiger partial charge in [-0.3, -0.25) is 19.5 Å². The van der Waals surface area contributed by atoms with Crippen LogP contribution in [0.15, 0.2) is 54.9 Å². The minimum Gasteiger partial charge on any atom is -0.354 e. The second-order valence-electron chi connectivity index (χ2n) is 6.18. The molecule has 0 bridgehead atoms. The van der Waals surface area contributed by atoms with Crippen LogP contribution >= 0.6 is 0 Å². The molecule has 5 rings (SSSR count). The topological polar surface area (TPSA) is 66.1 Å². The number of pyridine rings is 1. The van der Waals surface area contributed by atoms with Crippen molar-refractivity contribution in [3.63, 3.8) is 0 Å². The average Bonchev–Trinajstić information content (AvgIpc) is 3.13. The Hall–Kier alpha value is -3.47. The van der Waals surface area contributed by atoms with Gasteiger partial charge in [0.25, 0.3) is 11.8 Å². The number of rotatable bonds is 1. The number of nitrogens with one attached hydrogen (secondary N) is 1. The number of carbonyl (C=O) groups excluding carboxylic acids is 2. The Morgan fingerprint density at radius 1 is 0.960 bits per heavy atom. The van der Waals surface area contributed by atoms with E-state index in [1.807, 2.05) is 42.5 Å². The van der Waals surface area contributed by atoms with Crippen molar-refractivity contribution in [2.24, 2.45) is 0 Å². The largest absolute Gasteiger partial charge is 0.354 e. The van der Waals surface area contributed by atoms with Gasteiger partial charge in [0.1, 0.15) is 0 Å². The van der Waals surface area contributed by atoms with Gasteiger partial charge in [0, 0.05) is 46.8 Å². The Balaban J connectivity index is 2.00. The molecule has 2 aromatic heterocycles. The van der Waals surface area contributed by atoms with Gasteiger partial charge in [-0.25, -0.2) is 0 Å². The van der Waals surface area contributed by atoms with Crippen LogP contribution in [0.4, 0.5) is 0 Å². The molecule has 5 heteroatoms. The monoisotopic (exact) mass is 327 g/mol. The van der Waals surface area contributed by atoms with Crippen molar-refractivity contribution in [1.82, 2.24) is 14.9 Å². The van der Waals surface area contributed by atoms with Crippen LogP contribution in [-0.4, -0.2) is 33.7 Å². The summed E-state index contributed by atoms with van der Waals surface area (Å²) in [6.45, 7) is 0. The molecule has 1 aliphatic heterocycles. The first-order valence-corrected chi connectivity index (χ1v) is 7.97. The fraction of sp³-hybridized carbons (Fsp3) is 0.0500. The molecule has 0 aliphatic carbocycles. The molecule has 0 saturated carbocycles. The molecule has 0 saturated heterocycles. The summed E-state index contributed by atoms with van der Waals surface area (Å²) in [4.78, 5) is 34.3. The Morgan fingerprint density at radius 3 is 2.56 bits per heavy atom. The van der Waals surface area contributed by atoms with Crippen LogP contribution in [0.25, 0.3) is 32.9 Å². The number of benzene rings is 2. The number of H-pyrrole nitrogens is 1. The van der Waals surface area contributed by atoms with E-state index in [0.717, 1.165) is 32.9 Å². The zero-order valence-electron chi connectivity index (χ0n) is 13.4. The number of para-hydroxylation sites is 1. The summed E-state index contributed by atoms with van der Waals surface area (Å²) < 4.78 is 0. The molecule has 1 aliphatic rings. The van der Waals surface area contributed by atoms with Crippen LogP contribution in [0, 0.1) is 0 Å². The first-order chi connectivity index (χ1) is 12.2. The summed E-state index contributed by atoms with van der Waals surface area (Å²) in [6.07, 6.45) is 3.39. The highest BCUT2D eigenvalue weighted by atomic mass is 16.2. The van der Waals surface area contributed by atoms with Gasteiger partial charge in [-0.2, -0.15) is 0 Å². The Bertz CT molecular complexity index is 1190. The number of aromatic amines is 1. The molecule has 0 atom stereocenters. The lowest BCUT2D eigenvalue weighted by Gasteiger charge is -2.08. The standard InChI is InChI=1S/C20H13N3O2/c1-23-19(24)17-13(11-5-4-8-21-10-11)9-15-16(18(17)20(23)25)12-6-2-3-7-14(12)22-15/h2-10,22H,1H3. The third-order valence-corrected chi connectivity index (χ3v) is 4.80. The average molecular weight is 327 g/mol. The lowest BCUT2D eigenvalue weighted by atomic mass is 9.94. The normalized spacial score (nSPS) is 13.9. The van der Waals surface area contributed by atoms with Crippen molar-refractivity contribution < 1.29 is 9.59 Å². The van der Waals surface area contributed by atoms with Gasteiger partial charge in [-0.05, 0) is 23.8 Å². The van der Waals surface area contributed by atoms with E-state index in [-0.39, 0.29) is 11.8 Å². The van der Waals surface area contributed by atoms with Crippen molar-refractivity contribution in [2.45, 2.75) is 0 Å². The number of carbonyl (C=O) groups is 2. The first kappa shape index (κ1) is 13.9. The maximum Gasteiger partial charge on any atom is 0.262 e. The number of imide groups is 1. The molecule has 0 fully saturated rings. The summed E-state index contributed by atoms with van der Waals surface area (Å²) in [7, 11) is 1.53. The van der Waals surface area contributed by atoms with Crippen molar-refractivity contribution >= 4 is 33.6 Å². The highest BCUT2D eigenvalue weighted by Gasteiger charge is 2.38. The third kappa shape index (κ3) is 1.75. The van der Waals surface area contributed by atoms with E-state index in [2.05, 4.69) is 9.97 Å². The smallest absolute Gasteiger partial charge is 0.262 e. The number of hydrogen-bond donors (Lipinski definition) is 1. The van der Waals surface area contributed by atoms with Crippen LogP contribution in [0.5, 0.6) is 0 Å². The molecular formula is C20H13N3O2. The highest BCUT2D eigenvalue weighted by molar-refractivity contribution is 6.32. The summed E-state index contributed by atoms with van der Waals surface area (Å²) in [5.74, 6) is -0.536. The molecular weight excluding hydrogens is 314 g/mol. The summed E-state index contributed by atoms with van der Waals surface area (Å²) in [5.41, 5.74) is 4.26. The van der Waals surface area contributed by atoms with Gasteiger partial charge in [0.15, 0.2) is 0 Å².